The standard InChI is InChI=1S/C9H14F2N.CH2O2.Li/c10-9(11)4-2-8(3-5-9)12-6-1-7-12;2-1-3;/h6,8H,1-5,7H2;1H,(H,2,3);/q-1;;+1. The van der Waals surface area contributed by atoms with Gasteiger partial charge in [-0.15, -0.1) is 0 Å². The maximum Gasteiger partial charge on any atom is 1.00 e. The summed E-state index contributed by atoms with van der Waals surface area (Å²) in [4.78, 5) is 10.6. The Bertz CT molecular complexity index is 203. The van der Waals surface area contributed by atoms with E-state index in [1.807, 2.05) is 0 Å². The molecule has 1 aliphatic heterocycles. The summed E-state index contributed by atoms with van der Waals surface area (Å²) < 4.78 is 25.5. The number of halogens is 2. The van der Waals surface area contributed by atoms with Crippen LogP contribution in [-0.2, 0) is 4.79 Å². The largest absolute Gasteiger partial charge is 1.00 e. The van der Waals surface area contributed by atoms with Gasteiger partial charge in [-0.05, 0) is 18.9 Å². The number of nitrogens with zero attached hydrogens (tertiary/aromatic N) is 1. The van der Waals surface area contributed by atoms with Crippen molar-refractivity contribution in [2.75, 3.05) is 6.54 Å². The summed E-state index contributed by atoms with van der Waals surface area (Å²) in [5.41, 5.74) is 0. The van der Waals surface area contributed by atoms with E-state index in [4.69, 9.17) is 9.90 Å². The molecular weight excluding hydrogens is 211 g/mol. The molecule has 0 bridgehead atoms. The number of rotatable bonds is 1. The quantitative estimate of drug-likeness (QED) is 0.360. The van der Waals surface area contributed by atoms with Gasteiger partial charge in [0, 0.05) is 12.8 Å². The van der Waals surface area contributed by atoms with Gasteiger partial charge in [0.25, 0.3) is 6.47 Å². The zero-order valence-electron chi connectivity index (χ0n) is 9.53. The van der Waals surface area contributed by atoms with Crippen LogP contribution < -0.4 is 18.9 Å². The van der Waals surface area contributed by atoms with E-state index in [2.05, 4.69) is 11.4 Å². The zero-order chi connectivity index (χ0) is 11.3. The zero-order valence-corrected chi connectivity index (χ0v) is 9.53. The second-order valence-electron chi connectivity index (χ2n) is 3.90. The van der Waals surface area contributed by atoms with Crippen molar-refractivity contribution in [3.05, 3.63) is 6.54 Å². The third-order valence-corrected chi connectivity index (χ3v) is 2.91. The Labute approximate surface area is 106 Å². The van der Waals surface area contributed by atoms with Crippen LogP contribution in [0.3, 0.4) is 0 Å². The molecule has 0 radical (unpaired) electrons. The summed E-state index contributed by atoms with van der Waals surface area (Å²) in [7, 11) is 0. The van der Waals surface area contributed by atoms with Crippen LogP contribution in [0.5, 0.6) is 0 Å². The molecule has 0 atom stereocenters. The van der Waals surface area contributed by atoms with E-state index in [1.165, 1.54) is 0 Å². The molecule has 2 aliphatic rings. The van der Waals surface area contributed by atoms with Gasteiger partial charge in [0.1, 0.15) is 0 Å². The topological polar surface area (TPSA) is 40.5 Å². The first-order valence-electron chi connectivity index (χ1n) is 5.14. The van der Waals surface area contributed by atoms with Crippen LogP contribution in [0.4, 0.5) is 8.78 Å². The number of hydrogen-bond acceptors (Lipinski definition) is 2. The van der Waals surface area contributed by atoms with Crippen molar-refractivity contribution in [1.82, 2.24) is 4.90 Å². The van der Waals surface area contributed by atoms with Crippen molar-refractivity contribution in [2.24, 2.45) is 0 Å². The minimum atomic E-state index is -2.37. The van der Waals surface area contributed by atoms with E-state index < -0.39 is 5.92 Å². The predicted molar refractivity (Wildman–Crippen MR) is 51.5 cm³/mol. The van der Waals surface area contributed by atoms with E-state index in [9.17, 15) is 8.78 Å². The summed E-state index contributed by atoms with van der Waals surface area (Å²) in [6.07, 6.45) is 2.64. The molecule has 6 heteroatoms. The summed E-state index contributed by atoms with van der Waals surface area (Å²) in [5.74, 6) is -2.37. The molecule has 0 aromatic carbocycles. The maximum atomic E-state index is 12.7. The second-order valence-corrected chi connectivity index (χ2v) is 3.90. The Kier molecular flexibility index (Phi) is 7.21. The number of hydrogen-bond donors (Lipinski definition) is 1. The van der Waals surface area contributed by atoms with Crippen LogP contribution in [0.25, 0.3) is 0 Å². The van der Waals surface area contributed by atoms with E-state index in [-0.39, 0.29) is 38.2 Å². The van der Waals surface area contributed by atoms with E-state index >= 15 is 0 Å². The Morgan fingerprint density at radius 3 is 2.12 bits per heavy atom. The van der Waals surface area contributed by atoms with Gasteiger partial charge in [-0.1, -0.05) is 6.54 Å². The number of carboxylic acid groups (broad SMARTS) is 1. The van der Waals surface area contributed by atoms with Gasteiger partial charge in [0.2, 0.25) is 5.92 Å². The van der Waals surface area contributed by atoms with Gasteiger partial charge in [-0.2, -0.15) is 6.42 Å². The Hall–Kier alpha value is -0.113. The third-order valence-electron chi connectivity index (χ3n) is 2.91. The predicted octanol–water partition coefficient (Wildman–Crippen LogP) is -0.863. The first kappa shape index (κ1) is 15.9. The van der Waals surface area contributed by atoms with Crippen molar-refractivity contribution in [3.63, 3.8) is 0 Å². The molecule has 0 spiro atoms. The summed E-state index contributed by atoms with van der Waals surface area (Å²) in [5, 5.41) is 6.89. The van der Waals surface area contributed by atoms with Gasteiger partial charge < -0.3 is 10.0 Å². The molecule has 88 valence electrons. The SMILES string of the molecule is FC1(F)CCC(N2[CH-]CC2)CC1.O=CO.[Li+]. The smallest absolute Gasteiger partial charge is 0.483 e. The van der Waals surface area contributed by atoms with Gasteiger partial charge in [0.15, 0.2) is 0 Å². The minimum Gasteiger partial charge on any atom is -0.483 e. The molecule has 0 aromatic heterocycles. The molecular formula is C10H16F2LiNO2. The number of carbonyl (C=O) groups is 1. The van der Waals surface area contributed by atoms with Gasteiger partial charge in [-0.25, -0.2) is 8.78 Å². The molecule has 16 heavy (non-hydrogen) atoms. The van der Waals surface area contributed by atoms with Gasteiger partial charge in [-0.3, -0.25) is 11.3 Å². The Morgan fingerprint density at radius 1 is 1.38 bits per heavy atom. The first-order chi connectivity index (χ1) is 7.09. The molecule has 0 aromatic rings. The van der Waals surface area contributed by atoms with Crippen molar-refractivity contribution in [1.29, 1.82) is 0 Å². The Balaban J connectivity index is 0.000000511. The summed E-state index contributed by atoms with van der Waals surface area (Å²) in [6, 6.07) is 0.415. The monoisotopic (exact) mass is 227 g/mol. The molecule has 0 unspecified atom stereocenters. The van der Waals surface area contributed by atoms with Crippen LogP contribution in [0.1, 0.15) is 32.1 Å². The van der Waals surface area contributed by atoms with E-state index in [0.717, 1.165) is 13.0 Å². The van der Waals surface area contributed by atoms with Crippen molar-refractivity contribution >= 4 is 6.47 Å². The minimum absolute atomic E-state index is 0. The van der Waals surface area contributed by atoms with Crippen LogP contribution in [0, 0.1) is 6.54 Å². The first-order valence-corrected chi connectivity index (χ1v) is 5.14. The molecule has 1 saturated heterocycles. The van der Waals surface area contributed by atoms with Gasteiger partial charge in [0.05, 0.1) is 0 Å². The molecule has 3 nitrogen and oxygen atoms in total. The van der Waals surface area contributed by atoms with Crippen LogP contribution in [-0.4, -0.2) is 35.0 Å². The fourth-order valence-corrected chi connectivity index (χ4v) is 1.97. The van der Waals surface area contributed by atoms with E-state index in [0.29, 0.717) is 18.9 Å². The molecule has 1 heterocycles. The average Bonchev–Trinajstić information content (AvgIpc) is 2.07. The molecule has 2 fully saturated rings. The normalized spacial score (nSPS) is 24.4. The Morgan fingerprint density at radius 2 is 1.81 bits per heavy atom. The molecule has 1 aliphatic carbocycles. The van der Waals surface area contributed by atoms with Crippen molar-refractivity contribution in [3.8, 4) is 0 Å². The maximum absolute atomic E-state index is 12.7. The molecule has 0 amide bonds. The fraction of sp³-hybridized carbons (Fsp3) is 0.800. The van der Waals surface area contributed by atoms with Crippen molar-refractivity contribution in [2.45, 2.75) is 44.1 Å². The number of alkyl halides is 2. The molecule has 1 N–H and O–H groups in total. The van der Waals surface area contributed by atoms with Crippen LogP contribution >= 0.6 is 0 Å². The summed E-state index contributed by atoms with van der Waals surface area (Å²) in [6.45, 7) is 2.96. The second kappa shape index (κ2) is 7.26. The molecule has 1 saturated carbocycles. The van der Waals surface area contributed by atoms with Crippen LogP contribution in [0.2, 0.25) is 0 Å². The molecule has 2 rings (SSSR count). The average molecular weight is 227 g/mol. The number of likely N-dealkylation sites (tertiary alicyclic amines) is 1. The van der Waals surface area contributed by atoms with E-state index in [1.54, 1.807) is 0 Å². The fourth-order valence-electron chi connectivity index (χ4n) is 1.97. The van der Waals surface area contributed by atoms with Crippen LogP contribution in [0.15, 0.2) is 0 Å². The van der Waals surface area contributed by atoms with Crippen molar-refractivity contribution < 1.29 is 37.5 Å². The third kappa shape index (κ3) is 4.81. The summed E-state index contributed by atoms with van der Waals surface area (Å²) >= 11 is 0. The van der Waals surface area contributed by atoms with Gasteiger partial charge >= 0.3 is 18.9 Å².